The summed E-state index contributed by atoms with van der Waals surface area (Å²) in [6, 6.07) is 7.55. The zero-order valence-electron chi connectivity index (χ0n) is 10.8. The monoisotopic (exact) mass is 281 g/mol. The zero-order valence-corrected chi connectivity index (χ0v) is 11.6. The van der Waals surface area contributed by atoms with Crippen molar-refractivity contribution in [2.75, 3.05) is 24.6 Å². The molecule has 5 nitrogen and oxygen atoms in total. The third-order valence-electron chi connectivity index (χ3n) is 3.29. The second-order valence-electron chi connectivity index (χ2n) is 4.90. The molecule has 0 unspecified atom stereocenters. The fourth-order valence-corrected chi connectivity index (χ4v) is 3.55. The first kappa shape index (κ1) is 14.0. The SMILES string of the molecule is N=C(N)c1cccc(CN2CCCS(=O)(=O)CC2)c1. The van der Waals surface area contributed by atoms with Gasteiger partial charge >= 0.3 is 0 Å². The van der Waals surface area contributed by atoms with Crippen molar-refractivity contribution >= 4 is 15.7 Å². The van der Waals surface area contributed by atoms with Gasteiger partial charge in [0.05, 0.1) is 11.5 Å². The molecule has 6 heteroatoms. The Balaban J connectivity index is 2.05. The van der Waals surface area contributed by atoms with Crippen molar-refractivity contribution in [1.29, 1.82) is 5.41 Å². The Morgan fingerprint density at radius 3 is 2.84 bits per heavy atom. The molecular formula is C13H19N3O2S. The molecular weight excluding hydrogens is 262 g/mol. The molecule has 0 spiro atoms. The standard InChI is InChI=1S/C13H19N3O2S/c14-13(15)12-4-1-3-11(9-12)10-16-5-2-7-19(17,18)8-6-16/h1,3-4,9H,2,5-8,10H2,(H3,14,15). The topological polar surface area (TPSA) is 87.2 Å². The van der Waals surface area contributed by atoms with Crippen molar-refractivity contribution in [1.82, 2.24) is 4.90 Å². The van der Waals surface area contributed by atoms with Crippen LogP contribution in [0.3, 0.4) is 0 Å². The fourth-order valence-electron chi connectivity index (χ4n) is 2.24. The van der Waals surface area contributed by atoms with E-state index in [0.717, 1.165) is 12.1 Å². The van der Waals surface area contributed by atoms with Crippen LogP contribution in [-0.4, -0.2) is 43.7 Å². The van der Waals surface area contributed by atoms with E-state index in [9.17, 15) is 8.42 Å². The van der Waals surface area contributed by atoms with Crippen molar-refractivity contribution < 1.29 is 8.42 Å². The summed E-state index contributed by atoms with van der Waals surface area (Å²) in [5, 5.41) is 7.42. The minimum absolute atomic E-state index is 0.0558. The summed E-state index contributed by atoms with van der Waals surface area (Å²) in [6.07, 6.45) is 0.689. The maximum atomic E-state index is 11.5. The summed E-state index contributed by atoms with van der Waals surface area (Å²) in [7, 11) is -2.86. The lowest BCUT2D eigenvalue weighted by Gasteiger charge is -2.19. The van der Waals surface area contributed by atoms with Crippen molar-refractivity contribution in [2.45, 2.75) is 13.0 Å². The van der Waals surface area contributed by atoms with Crippen LogP contribution in [0.25, 0.3) is 0 Å². The minimum Gasteiger partial charge on any atom is -0.384 e. The lowest BCUT2D eigenvalue weighted by molar-refractivity contribution is 0.287. The average molecular weight is 281 g/mol. The molecule has 0 aromatic heterocycles. The van der Waals surface area contributed by atoms with E-state index in [4.69, 9.17) is 11.1 Å². The van der Waals surface area contributed by atoms with Gasteiger partial charge in [0.15, 0.2) is 9.84 Å². The Bertz CT molecular complexity index is 569. The first-order valence-electron chi connectivity index (χ1n) is 6.32. The normalized spacial score (nSPS) is 19.8. The summed E-state index contributed by atoms with van der Waals surface area (Å²) in [5.74, 6) is 0.580. The fraction of sp³-hybridized carbons (Fsp3) is 0.462. The molecule has 19 heavy (non-hydrogen) atoms. The van der Waals surface area contributed by atoms with Crippen molar-refractivity contribution in [3.63, 3.8) is 0 Å². The van der Waals surface area contributed by atoms with Gasteiger partial charge in [-0.2, -0.15) is 0 Å². The highest BCUT2D eigenvalue weighted by Gasteiger charge is 2.19. The molecule has 1 fully saturated rings. The Kier molecular flexibility index (Phi) is 4.21. The number of hydrogen-bond acceptors (Lipinski definition) is 4. The van der Waals surface area contributed by atoms with Crippen LogP contribution in [0.1, 0.15) is 17.5 Å². The van der Waals surface area contributed by atoms with E-state index >= 15 is 0 Å². The Morgan fingerprint density at radius 1 is 1.32 bits per heavy atom. The molecule has 0 amide bonds. The average Bonchev–Trinajstić information content (AvgIpc) is 2.51. The first-order valence-corrected chi connectivity index (χ1v) is 8.14. The summed E-state index contributed by atoms with van der Waals surface area (Å²) in [5.41, 5.74) is 7.24. The van der Waals surface area contributed by atoms with Crippen molar-refractivity contribution in [3.05, 3.63) is 35.4 Å². The summed E-state index contributed by atoms with van der Waals surface area (Å²) < 4.78 is 23.1. The number of nitrogens with two attached hydrogens (primary N) is 1. The number of sulfone groups is 1. The van der Waals surface area contributed by atoms with E-state index in [1.165, 1.54) is 0 Å². The second-order valence-corrected chi connectivity index (χ2v) is 7.20. The van der Waals surface area contributed by atoms with Crippen LogP contribution in [0.2, 0.25) is 0 Å². The molecule has 2 rings (SSSR count). The van der Waals surface area contributed by atoms with Gasteiger partial charge in [-0.3, -0.25) is 10.3 Å². The van der Waals surface area contributed by atoms with Crippen LogP contribution in [0, 0.1) is 5.41 Å². The molecule has 0 saturated carbocycles. The maximum absolute atomic E-state index is 11.5. The summed E-state index contributed by atoms with van der Waals surface area (Å²) >= 11 is 0. The highest BCUT2D eigenvalue weighted by molar-refractivity contribution is 7.91. The largest absolute Gasteiger partial charge is 0.384 e. The molecule has 1 aliphatic rings. The van der Waals surface area contributed by atoms with Gasteiger partial charge in [-0.15, -0.1) is 0 Å². The number of nitrogens with one attached hydrogen (secondary N) is 1. The van der Waals surface area contributed by atoms with Crippen LogP contribution in [-0.2, 0) is 16.4 Å². The molecule has 0 radical (unpaired) electrons. The third kappa shape index (κ3) is 4.04. The summed E-state index contributed by atoms with van der Waals surface area (Å²) in [4.78, 5) is 2.14. The predicted octanol–water partition coefficient (Wildman–Crippen LogP) is 0.591. The van der Waals surface area contributed by atoms with Gasteiger partial charge in [0, 0.05) is 18.7 Å². The molecule has 104 valence electrons. The van der Waals surface area contributed by atoms with Crippen molar-refractivity contribution in [3.8, 4) is 0 Å². The molecule has 1 aromatic carbocycles. The Morgan fingerprint density at radius 2 is 2.11 bits per heavy atom. The molecule has 0 aliphatic carbocycles. The van der Waals surface area contributed by atoms with E-state index < -0.39 is 9.84 Å². The number of hydrogen-bond donors (Lipinski definition) is 2. The highest BCUT2D eigenvalue weighted by Crippen LogP contribution is 2.11. The zero-order chi connectivity index (χ0) is 13.9. The number of nitrogens with zero attached hydrogens (tertiary/aromatic N) is 1. The second kappa shape index (κ2) is 5.71. The van der Waals surface area contributed by atoms with Gasteiger partial charge in [0.1, 0.15) is 5.84 Å². The maximum Gasteiger partial charge on any atom is 0.151 e. The smallest absolute Gasteiger partial charge is 0.151 e. The van der Waals surface area contributed by atoms with Gasteiger partial charge < -0.3 is 5.73 Å². The van der Waals surface area contributed by atoms with E-state index in [0.29, 0.717) is 25.1 Å². The van der Waals surface area contributed by atoms with Gasteiger partial charge in [-0.1, -0.05) is 18.2 Å². The molecule has 1 aliphatic heterocycles. The van der Waals surface area contributed by atoms with E-state index in [-0.39, 0.29) is 17.3 Å². The van der Waals surface area contributed by atoms with Gasteiger partial charge in [0.25, 0.3) is 0 Å². The highest BCUT2D eigenvalue weighted by atomic mass is 32.2. The minimum atomic E-state index is -2.86. The number of nitrogen functional groups attached to an aromatic ring is 1. The molecule has 0 bridgehead atoms. The van der Waals surface area contributed by atoms with Crippen LogP contribution >= 0.6 is 0 Å². The number of benzene rings is 1. The van der Waals surface area contributed by atoms with E-state index in [2.05, 4.69) is 4.90 Å². The van der Waals surface area contributed by atoms with Crippen LogP contribution in [0.15, 0.2) is 24.3 Å². The van der Waals surface area contributed by atoms with Crippen LogP contribution in [0.4, 0.5) is 0 Å². The van der Waals surface area contributed by atoms with Gasteiger partial charge in [-0.05, 0) is 24.6 Å². The molecule has 0 atom stereocenters. The predicted molar refractivity (Wildman–Crippen MR) is 76.0 cm³/mol. The number of rotatable bonds is 3. The molecule has 1 saturated heterocycles. The molecule has 1 aromatic rings. The van der Waals surface area contributed by atoms with Crippen molar-refractivity contribution in [2.24, 2.45) is 5.73 Å². The van der Waals surface area contributed by atoms with Gasteiger partial charge in [-0.25, -0.2) is 8.42 Å². The van der Waals surface area contributed by atoms with Crippen LogP contribution < -0.4 is 5.73 Å². The lowest BCUT2D eigenvalue weighted by Crippen LogP contribution is -2.26. The Hall–Kier alpha value is -1.40. The van der Waals surface area contributed by atoms with Gasteiger partial charge in [0.2, 0.25) is 0 Å². The molecule has 1 heterocycles. The summed E-state index contributed by atoms with van der Waals surface area (Å²) in [6.45, 7) is 2.08. The quantitative estimate of drug-likeness (QED) is 0.627. The lowest BCUT2D eigenvalue weighted by atomic mass is 10.1. The first-order chi connectivity index (χ1) is 8.96. The Labute approximate surface area is 113 Å². The van der Waals surface area contributed by atoms with E-state index in [1.807, 2.05) is 18.2 Å². The number of amidine groups is 1. The molecule has 3 N–H and O–H groups in total. The third-order valence-corrected chi connectivity index (χ3v) is 5.01. The van der Waals surface area contributed by atoms with Crippen LogP contribution in [0.5, 0.6) is 0 Å². The van der Waals surface area contributed by atoms with E-state index in [1.54, 1.807) is 6.07 Å².